The Morgan fingerprint density at radius 2 is 2.30 bits per heavy atom. The number of anilines is 1. The summed E-state index contributed by atoms with van der Waals surface area (Å²) in [5, 5.41) is 16.8. The summed E-state index contributed by atoms with van der Waals surface area (Å²) in [5.74, 6) is 0.250. The first-order valence-corrected chi connectivity index (χ1v) is 7.06. The molecule has 2 rings (SSSR count). The van der Waals surface area contributed by atoms with Gasteiger partial charge in [-0.2, -0.15) is 4.98 Å². The Balaban J connectivity index is 2.19. The lowest BCUT2D eigenvalue weighted by atomic mass is 10.2. The van der Waals surface area contributed by atoms with Gasteiger partial charge in [0.15, 0.2) is 0 Å². The van der Waals surface area contributed by atoms with Crippen molar-refractivity contribution in [1.29, 1.82) is 0 Å². The number of aryl methyl sites for hydroxylation is 1. The van der Waals surface area contributed by atoms with Gasteiger partial charge in [-0.05, 0) is 18.5 Å². The molecular formula is C11H12ClN5O2S. The van der Waals surface area contributed by atoms with Crippen LogP contribution >= 0.6 is 22.9 Å². The molecule has 0 amide bonds. The highest BCUT2D eigenvalue weighted by molar-refractivity contribution is 7.09. The van der Waals surface area contributed by atoms with Crippen LogP contribution < -0.4 is 5.32 Å². The largest absolute Gasteiger partial charge is 0.364 e. The number of nitro groups is 1. The zero-order chi connectivity index (χ0) is 14.7. The number of hydrogen-bond donors (Lipinski definition) is 1. The van der Waals surface area contributed by atoms with Crippen LogP contribution in [0.4, 0.5) is 11.5 Å². The minimum atomic E-state index is -0.512. The van der Waals surface area contributed by atoms with E-state index < -0.39 is 4.92 Å². The maximum absolute atomic E-state index is 11.1. The fraction of sp³-hybridized carbons (Fsp3) is 0.364. The van der Waals surface area contributed by atoms with Crippen LogP contribution in [-0.2, 0) is 0 Å². The van der Waals surface area contributed by atoms with Gasteiger partial charge in [-0.15, -0.1) is 11.3 Å². The summed E-state index contributed by atoms with van der Waals surface area (Å²) < 4.78 is 0. The average Bonchev–Trinajstić information content (AvgIpc) is 2.88. The number of nitrogens with one attached hydrogen (secondary N) is 1. The highest BCUT2D eigenvalue weighted by Crippen LogP contribution is 2.27. The summed E-state index contributed by atoms with van der Waals surface area (Å²) in [5.41, 5.74) is 0.0835. The van der Waals surface area contributed by atoms with E-state index in [1.54, 1.807) is 6.20 Å². The molecule has 0 saturated heterocycles. The SMILES string of the molecule is Cc1nc(Cl)nc(NCC(C)c2nccs2)c1[N+](=O)[O-]. The van der Waals surface area contributed by atoms with Gasteiger partial charge in [0.25, 0.3) is 0 Å². The number of thiazole rings is 1. The molecule has 1 atom stereocenters. The first-order chi connectivity index (χ1) is 9.49. The van der Waals surface area contributed by atoms with Crippen molar-refractivity contribution in [3.63, 3.8) is 0 Å². The lowest BCUT2D eigenvalue weighted by molar-refractivity contribution is -0.385. The normalized spacial score (nSPS) is 12.2. The predicted octanol–water partition coefficient (Wildman–Crippen LogP) is 3.02. The molecule has 0 aliphatic heterocycles. The van der Waals surface area contributed by atoms with E-state index in [1.165, 1.54) is 18.3 Å². The molecule has 9 heteroatoms. The van der Waals surface area contributed by atoms with Crippen molar-refractivity contribution in [3.8, 4) is 0 Å². The molecule has 0 radical (unpaired) electrons. The van der Waals surface area contributed by atoms with Gasteiger partial charge < -0.3 is 5.32 Å². The van der Waals surface area contributed by atoms with Gasteiger partial charge in [-0.1, -0.05) is 6.92 Å². The Bertz CT molecular complexity index is 620. The van der Waals surface area contributed by atoms with Crippen molar-refractivity contribution in [2.75, 3.05) is 11.9 Å². The minimum absolute atomic E-state index is 0.0162. The summed E-state index contributed by atoms with van der Waals surface area (Å²) >= 11 is 7.29. The molecule has 0 aromatic carbocycles. The minimum Gasteiger partial charge on any atom is -0.364 e. The maximum Gasteiger partial charge on any atom is 0.332 e. The molecule has 0 fully saturated rings. The van der Waals surface area contributed by atoms with Crippen LogP contribution in [0.1, 0.15) is 23.5 Å². The molecule has 2 aromatic rings. The molecule has 1 N–H and O–H groups in total. The third-order valence-corrected chi connectivity index (χ3v) is 3.84. The number of aromatic nitrogens is 3. The van der Waals surface area contributed by atoms with Gasteiger partial charge in [0.2, 0.25) is 11.1 Å². The van der Waals surface area contributed by atoms with Gasteiger partial charge in [0.05, 0.1) is 9.93 Å². The van der Waals surface area contributed by atoms with Crippen molar-refractivity contribution in [1.82, 2.24) is 15.0 Å². The second-order valence-electron chi connectivity index (χ2n) is 4.18. The Morgan fingerprint density at radius 3 is 2.90 bits per heavy atom. The maximum atomic E-state index is 11.1. The van der Waals surface area contributed by atoms with Crippen molar-refractivity contribution in [2.45, 2.75) is 19.8 Å². The fourth-order valence-electron chi connectivity index (χ4n) is 1.69. The van der Waals surface area contributed by atoms with E-state index in [4.69, 9.17) is 11.6 Å². The van der Waals surface area contributed by atoms with E-state index in [1.807, 2.05) is 12.3 Å². The predicted molar refractivity (Wildman–Crippen MR) is 77.5 cm³/mol. The van der Waals surface area contributed by atoms with Crippen LogP contribution in [0.5, 0.6) is 0 Å². The molecule has 2 aromatic heterocycles. The summed E-state index contributed by atoms with van der Waals surface area (Å²) in [7, 11) is 0. The lowest BCUT2D eigenvalue weighted by Gasteiger charge is -2.11. The molecule has 1 unspecified atom stereocenters. The second kappa shape index (κ2) is 6.10. The Labute approximate surface area is 124 Å². The summed E-state index contributed by atoms with van der Waals surface area (Å²) in [6.45, 7) is 3.98. The monoisotopic (exact) mass is 313 g/mol. The smallest absolute Gasteiger partial charge is 0.332 e. The van der Waals surface area contributed by atoms with E-state index in [0.717, 1.165) is 5.01 Å². The van der Waals surface area contributed by atoms with Gasteiger partial charge >= 0.3 is 5.69 Å². The lowest BCUT2D eigenvalue weighted by Crippen LogP contribution is -2.13. The van der Waals surface area contributed by atoms with E-state index in [-0.39, 0.29) is 28.4 Å². The average molecular weight is 314 g/mol. The molecule has 0 spiro atoms. The quantitative estimate of drug-likeness (QED) is 0.518. The van der Waals surface area contributed by atoms with Gasteiger partial charge in [-0.25, -0.2) is 9.97 Å². The summed E-state index contributed by atoms with van der Waals surface area (Å²) in [4.78, 5) is 22.4. The number of rotatable bonds is 5. The second-order valence-corrected chi connectivity index (χ2v) is 5.45. The molecule has 2 heterocycles. The molecule has 7 nitrogen and oxygen atoms in total. The van der Waals surface area contributed by atoms with E-state index in [0.29, 0.717) is 6.54 Å². The van der Waals surface area contributed by atoms with E-state index in [9.17, 15) is 10.1 Å². The standard InChI is InChI=1S/C11H12ClN5O2S/c1-6(10-13-3-4-20-10)5-14-9-8(17(18)19)7(2)15-11(12)16-9/h3-4,6H,5H2,1-2H3,(H,14,15,16). The number of hydrogen-bond acceptors (Lipinski definition) is 7. The molecular weight excluding hydrogens is 302 g/mol. The first-order valence-electron chi connectivity index (χ1n) is 5.80. The zero-order valence-corrected chi connectivity index (χ0v) is 12.4. The topological polar surface area (TPSA) is 93.8 Å². The summed E-state index contributed by atoms with van der Waals surface area (Å²) in [6.07, 6.45) is 1.73. The Kier molecular flexibility index (Phi) is 4.46. The third-order valence-electron chi connectivity index (χ3n) is 2.66. The first kappa shape index (κ1) is 14.6. The highest BCUT2D eigenvalue weighted by atomic mass is 35.5. The van der Waals surface area contributed by atoms with Crippen molar-refractivity contribution < 1.29 is 4.92 Å². The van der Waals surface area contributed by atoms with Gasteiger partial charge in [0, 0.05) is 24.0 Å². The van der Waals surface area contributed by atoms with Crippen LogP contribution in [0.25, 0.3) is 0 Å². The molecule has 20 heavy (non-hydrogen) atoms. The molecule has 0 saturated carbocycles. The van der Waals surface area contributed by atoms with Crippen molar-refractivity contribution in [2.24, 2.45) is 0 Å². The van der Waals surface area contributed by atoms with Gasteiger partial charge in [0.1, 0.15) is 5.69 Å². The molecule has 106 valence electrons. The third kappa shape index (κ3) is 3.20. The van der Waals surface area contributed by atoms with E-state index >= 15 is 0 Å². The Hall–Kier alpha value is -1.80. The van der Waals surface area contributed by atoms with Crippen LogP contribution in [0.15, 0.2) is 11.6 Å². The highest BCUT2D eigenvalue weighted by Gasteiger charge is 2.22. The van der Waals surface area contributed by atoms with Crippen LogP contribution in [0.3, 0.4) is 0 Å². The van der Waals surface area contributed by atoms with Crippen LogP contribution in [-0.4, -0.2) is 26.4 Å². The Morgan fingerprint density at radius 1 is 1.55 bits per heavy atom. The fourth-order valence-corrected chi connectivity index (χ4v) is 2.60. The van der Waals surface area contributed by atoms with E-state index in [2.05, 4.69) is 20.3 Å². The molecule has 0 aliphatic rings. The van der Waals surface area contributed by atoms with Crippen LogP contribution in [0, 0.1) is 17.0 Å². The van der Waals surface area contributed by atoms with Crippen molar-refractivity contribution >= 4 is 34.4 Å². The molecule has 0 aliphatic carbocycles. The zero-order valence-electron chi connectivity index (χ0n) is 10.8. The van der Waals surface area contributed by atoms with Crippen molar-refractivity contribution in [3.05, 3.63) is 37.7 Å². The number of halogens is 1. The van der Waals surface area contributed by atoms with Gasteiger partial charge in [-0.3, -0.25) is 10.1 Å². The number of nitrogens with zero attached hydrogens (tertiary/aromatic N) is 4. The molecule has 0 bridgehead atoms. The van der Waals surface area contributed by atoms with Crippen LogP contribution in [0.2, 0.25) is 5.28 Å². The summed E-state index contributed by atoms with van der Waals surface area (Å²) in [6, 6.07) is 0.